The van der Waals surface area contributed by atoms with Crippen LogP contribution in [0.25, 0.3) is 17.0 Å². The molecule has 0 aliphatic heterocycles. The van der Waals surface area contributed by atoms with Crippen molar-refractivity contribution >= 4 is 5.65 Å². The number of pyridine rings is 2. The second-order valence-corrected chi connectivity index (χ2v) is 3.54. The van der Waals surface area contributed by atoms with Crippen LogP contribution < -0.4 is 4.74 Å². The zero-order valence-electron chi connectivity index (χ0n) is 9.24. The van der Waals surface area contributed by atoms with E-state index in [1.807, 2.05) is 30.5 Å². The van der Waals surface area contributed by atoms with Crippen LogP contribution in [0.5, 0.6) is 5.75 Å². The summed E-state index contributed by atoms with van der Waals surface area (Å²) in [5.41, 5.74) is 1.71. The van der Waals surface area contributed by atoms with Gasteiger partial charge in [-0.2, -0.15) is 0 Å². The third-order valence-electron chi connectivity index (χ3n) is 2.48. The molecule has 5 heteroatoms. The molecule has 0 N–H and O–H groups in total. The number of aromatic nitrogens is 4. The molecule has 0 aromatic carbocycles. The molecule has 3 rings (SSSR count). The van der Waals surface area contributed by atoms with Crippen LogP contribution in [-0.2, 0) is 0 Å². The van der Waals surface area contributed by atoms with Gasteiger partial charge in [0.25, 0.3) is 0 Å². The number of hydrogen-bond donors (Lipinski definition) is 0. The van der Waals surface area contributed by atoms with Crippen LogP contribution in [0.1, 0.15) is 0 Å². The molecular formula is C12H10N4O. The van der Waals surface area contributed by atoms with Gasteiger partial charge in [-0.1, -0.05) is 0 Å². The van der Waals surface area contributed by atoms with Gasteiger partial charge in [0.2, 0.25) is 0 Å². The Kier molecular flexibility index (Phi) is 2.22. The number of rotatable bonds is 2. The lowest BCUT2D eigenvalue weighted by Gasteiger charge is -1.97. The first-order chi connectivity index (χ1) is 8.36. The minimum Gasteiger partial charge on any atom is -0.497 e. The fraction of sp³-hybridized carbons (Fsp3) is 0.0833. The summed E-state index contributed by atoms with van der Waals surface area (Å²) in [7, 11) is 1.63. The van der Waals surface area contributed by atoms with E-state index in [-0.39, 0.29) is 0 Å². The maximum absolute atomic E-state index is 5.15. The zero-order valence-corrected chi connectivity index (χ0v) is 9.24. The molecular weight excluding hydrogens is 216 g/mol. The van der Waals surface area contributed by atoms with Crippen molar-refractivity contribution in [3.63, 3.8) is 0 Å². The van der Waals surface area contributed by atoms with Crippen LogP contribution in [0.2, 0.25) is 0 Å². The summed E-state index contributed by atoms with van der Waals surface area (Å²) >= 11 is 0. The monoisotopic (exact) mass is 226 g/mol. The van der Waals surface area contributed by atoms with E-state index >= 15 is 0 Å². The van der Waals surface area contributed by atoms with Gasteiger partial charge in [-0.3, -0.25) is 4.98 Å². The first kappa shape index (κ1) is 9.77. The highest BCUT2D eigenvalue weighted by atomic mass is 16.5. The van der Waals surface area contributed by atoms with Gasteiger partial charge in [-0.15, -0.1) is 5.10 Å². The molecule has 0 unspecified atom stereocenters. The number of ether oxygens (including phenoxy) is 1. The van der Waals surface area contributed by atoms with E-state index in [0.717, 1.165) is 17.0 Å². The Morgan fingerprint density at radius 3 is 2.76 bits per heavy atom. The van der Waals surface area contributed by atoms with Crippen LogP contribution in [0.15, 0.2) is 42.9 Å². The zero-order chi connectivity index (χ0) is 11.7. The van der Waals surface area contributed by atoms with E-state index in [9.17, 15) is 0 Å². The molecule has 0 saturated carbocycles. The second kappa shape index (κ2) is 3.86. The summed E-state index contributed by atoms with van der Waals surface area (Å²) in [4.78, 5) is 8.41. The van der Waals surface area contributed by atoms with E-state index in [0.29, 0.717) is 5.82 Å². The standard InChI is InChI=1S/C12H10N4O/c1-17-10-4-7-16-11(8-10)14-12(15-16)9-2-5-13-6-3-9/h2-8H,1H3. The largest absolute Gasteiger partial charge is 0.497 e. The van der Waals surface area contributed by atoms with Gasteiger partial charge < -0.3 is 4.74 Å². The van der Waals surface area contributed by atoms with Gasteiger partial charge in [0.1, 0.15) is 5.75 Å². The molecule has 0 atom stereocenters. The van der Waals surface area contributed by atoms with Crippen LogP contribution >= 0.6 is 0 Å². The summed E-state index contributed by atoms with van der Waals surface area (Å²) in [5, 5.41) is 4.38. The predicted molar refractivity (Wildman–Crippen MR) is 62.8 cm³/mol. The minimum absolute atomic E-state index is 0.681. The van der Waals surface area contributed by atoms with Crippen LogP contribution in [-0.4, -0.2) is 26.7 Å². The van der Waals surface area contributed by atoms with Crippen LogP contribution in [0.3, 0.4) is 0 Å². The van der Waals surface area contributed by atoms with E-state index in [1.54, 1.807) is 24.0 Å². The summed E-state index contributed by atoms with van der Waals surface area (Å²) in [5.74, 6) is 1.45. The Balaban J connectivity index is 2.14. The molecule has 0 amide bonds. The molecule has 0 radical (unpaired) electrons. The van der Waals surface area contributed by atoms with E-state index < -0.39 is 0 Å². The van der Waals surface area contributed by atoms with Crippen molar-refractivity contribution in [3.8, 4) is 17.1 Å². The number of methoxy groups -OCH3 is 1. The average molecular weight is 226 g/mol. The molecule has 3 aromatic rings. The molecule has 0 spiro atoms. The summed E-state index contributed by atoms with van der Waals surface area (Å²) in [6, 6.07) is 7.45. The third kappa shape index (κ3) is 1.71. The van der Waals surface area contributed by atoms with Gasteiger partial charge in [0.05, 0.1) is 7.11 Å². The average Bonchev–Trinajstić information content (AvgIpc) is 2.82. The number of nitrogens with zero attached hydrogens (tertiary/aromatic N) is 4. The molecule has 5 nitrogen and oxygen atoms in total. The normalized spacial score (nSPS) is 10.6. The summed E-state index contributed by atoms with van der Waals surface area (Å²) < 4.78 is 6.87. The first-order valence-corrected chi connectivity index (χ1v) is 5.17. The maximum Gasteiger partial charge on any atom is 0.182 e. The van der Waals surface area contributed by atoms with Crippen molar-refractivity contribution in [1.82, 2.24) is 19.6 Å². The molecule has 0 saturated heterocycles. The Hall–Kier alpha value is -2.43. The Morgan fingerprint density at radius 2 is 2.00 bits per heavy atom. The fourth-order valence-corrected chi connectivity index (χ4v) is 1.61. The maximum atomic E-state index is 5.15. The van der Waals surface area contributed by atoms with Crippen LogP contribution in [0, 0.1) is 0 Å². The van der Waals surface area contributed by atoms with Gasteiger partial charge in [0, 0.05) is 30.2 Å². The molecule has 0 fully saturated rings. The highest BCUT2D eigenvalue weighted by Gasteiger charge is 2.06. The Labute approximate surface area is 97.7 Å². The van der Waals surface area contributed by atoms with Crippen LogP contribution in [0.4, 0.5) is 0 Å². The molecule has 17 heavy (non-hydrogen) atoms. The van der Waals surface area contributed by atoms with Crippen molar-refractivity contribution in [2.24, 2.45) is 0 Å². The number of fused-ring (bicyclic) bond motifs is 1. The molecule has 0 bridgehead atoms. The third-order valence-corrected chi connectivity index (χ3v) is 2.48. The Bertz CT molecular complexity index is 648. The van der Waals surface area contributed by atoms with Crippen molar-refractivity contribution < 1.29 is 4.74 Å². The predicted octanol–water partition coefficient (Wildman–Crippen LogP) is 1.80. The molecule has 3 aromatic heterocycles. The summed E-state index contributed by atoms with van der Waals surface area (Å²) in [6.07, 6.45) is 5.27. The van der Waals surface area contributed by atoms with Gasteiger partial charge in [-0.25, -0.2) is 9.50 Å². The molecule has 3 heterocycles. The van der Waals surface area contributed by atoms with Gasteiger partial charge in [0.15, 0.2) is 11.5 Å². The van der Waals surface area contributed by atoms with E-state index in [2.05, 4.69) is 15.1 Å². The van der Waals surface area contributed by atoms with E-state index in [1.165, 1.54) is 0 Å². The fourth-order valence-electron chi connectivity index (χ4n) is 1.61. The second-order valence-electron chi connectivity index (χ2n) is 3.54. The van der Waals surface area contributed by atoms with Gasteiger partial charge in [-0.05, 0) is 18.2 Å². The highest BCUT2D eigenvalue weighted by molar-refractivity contribution is 5.58. The highest BCUT2D eigenvalue weighted by Crippen LogP contribution is 2.17. The minimum atomic E-state index is 0.681. The lowest BCUT2D eigenvalue weighted by atomic mass is 10.3. The van der Waals surface area contributed by atoms with Crippen molar-refractivity contribution in [3.05, 3.63) is 42.9 Å². The van der Waals surface area contributed by atoms with Crippen molar-refractivity contribution in [2.75, 3.05) is 7.11 Å². The van der Waals surface area contributed by atoms with E-state index in [4.69, 9.17) is 4.74 Å². The Morgan fingerprint density at radius 1 is 1.18 bits per heavy atom. The van der Waals surface area contributed by atoms with Crippen molar-refractivity contribution in [1.29, 1.82) is 0 Å². The lowest BCUT2D eigenvalue weighted by Crippen LogP contribution is -1.88. The lowest BCUT2D eigenvalue weighted by molar-refractivity contribution is 0.414. The molecule has 84 valence electrons. The quantitative estimate of drug-likeness (QED) is 0.668. The van der Waals surface area contributed by atoms with Gasteiger partial charge >= 0.3 is 0 Å². The SMILES string of the molecule is COc1ccn2nc(-c3ccncc3)nc2c1. The molecule has 0 aliphatic carbocycles. The summed E-state index contributed by atoms with van der Waals surface area (Å²) in [6.45, 7) is 0. The van der Waals surface area contributed by atoms with Crippen molar-refractivity contribution in [2.45, 2.75) is 0 Å². The first-order valence-electron chi connectivity index (χ1n) is 5.17. The smallest absolute Gasteiger partial charge is 0.182 e. The number of hydrogen-bond acceptors (Lipinski definition) is 4. The molecule has 0 aliphatic rings. The topological polar surface area (TPSA) is 52.3 Å².